The molecule has 0 aliphatic rings. The van der Waals surface area contributed by atoms with Gasteiger partial charge in [-0.2, -0.15) is 4.39 Å². The highest BCUT2D eigenvalue weighted by Crippen LogP contribution is 2.26. The molecule has 2 rings (SSSR count). The van der Waals surface area contributed by atoms with Crippen LogP contribution in [-0.4, -0.2) is 30.5 Å². The number of nitro benzene ring substituents is 1. The van der Waals surface area contributed by atoms with Gasteiger partial charge in [0.15, 0.2) is 6.61 Å². The van der Waals surface area contributed by atoms with Crippen molar-refractivity contribution >= 4 is 29.2 Å². The molecule has 1 N–H and O–H groups in total. The second kappa shape index (κ2) is 9.65. The van der Waals surface area contributed by atoms with Gasteiger partial charge < -0.3 is 14.8 Å². The van der Waals surface area contributed by atoms with Gasteiger partial charge in [0, 0.05) is 17.2 Å². The Morgan fingerprint density at radius 2 is 2.00 bits per heavy atom. The Bertz CT molecular complexity index is 892. The number of nitrogens with zero attached hydrogens (tertiary/aromatic N) is 1. The Kier molecular flexibility index (Phi) is 7.28. The minimum atomic E-state index is -1.08. The number of amides is 1. The van der Waals surface area contributed by atoms with Gasteiger partial charge in [-0.25, -0.2) is 0 Å². The van der Waals surface area contributed by atoms with Crippen LogP contribution in [0.15, 0.2) is 42.5 Å². The molecule has 0 spiro atoms. The highest BCUT2D eigenvalue weighted by atomic mass is 35.5. The first-order chi connectivity index (χ1) is 13.3. The largest absolute Gasteiger partial charge is 0.484 e. The zero-order valence-electron chi connectivity index (χ0n) is 14.7. The third kappa shape index (κ3) is 5.65. The van der Waals surface area contributed by atoms with E-state index >= 15 is 0 Å². The molecule has 8 nitrogen and oxygen atoms in total. The number of halogens is 2. The fraction of sp³-hybridized carbons (Fsp3) is 0.222. The summed E-state index contributed by atoms with van der Waals surface area (Å²) in [4.78, 5) is 33.6. The first-order valence-corrected chi connectivity index (χ1v) is 8.37. The fourth-order valence-electron chi connectivity index (χ4n) is 2.36. The van der Waals surface area contributed by atoms with Crippen LogP contribution in [0.25, 0.3) is 0 Å². The second-order valence-electron chi connectivity index (χ2n) is 5.58. The van der Waals surface area contributed by atoms with Crippen LogP contribution < -0.4 is 10.1 Å². The van der Waals surface area contributed by atoms with Crippen molar-refractivity contribution in [2.45, 2.75) is 12.5 Å². The van der Waals surface area contributed by atoms with E-state index in [0.29, 0.717) is 10.6 Å². The van der Waals surface area contributed by atoms with E-state index in [1.54, 1.807) is 24.3 Å². The lowest BCUT2D eigenvalue weighted by atomic mass is 10.0. The molecule has 0 saturated heterocycles. The van der Waals surface area contributed by atoms with Crippen LogP contribution in [0.5, 0.6) is 5.75 Å². The number of nitro groups is 1. The molecule has 0 aromatic heterocycles. The molecular weight excluding hydrogens is 395 g/mol. The number of hydrogen-bond acceptors (Lipinski definition) is 6. The molecule has 28 heavy (non-hydrogen) atoms. The number of carbonyl (C=O) groups is 2. The van der Waals surface area contributed by atoms with Crippen LogP contribution in [0.4, 0.5) is 10.1 Å². The van der Waals surface area contributed by atoms with Gasteiger partial charge in [0.2, 0.25) is 5.82 Å². The summed E-state index contributed by atoms with van der Waals surface area (Å²) < 4.78 is 23.4. The molecule has 148 valence electrons. The van der Waals surface area contributed by atoms with Crippen molar-refractivity contribution in [3.05, 3.63) is 69.0 Å². The second-order valence-corrected chi connectivity index (χ2v) is 5.99. The van der Waals surface area contributed by atoms with E-state index in [9.17, 15) is 24.1 Å². The van der Waals surface area contributed by atoms with Crippen molar-refractivity contribution in [3.8, 4) is 5.75 Å². The maximum Gasteiger partial charge on any atom is 0.307 e. The average molecular weight is 411 g/mol. The van der Waals surface area contributed by atoms with E-state index in [1.165, 1.54) is 13.2 Å². The SMILES string of the molecule is COC(=O)CC(NC(=O)COc1ccc([N+](=O)[O-])c(F)c1)c1ccccc1Cl. The lowest BCUT2D eigenvalue weighted by Crippen LogP contribution is -2.34. The molecule has 0 bridgehead atoms. The van der Waals surface area contributed by atoms with E-state index in [2.05, 4.69) is 10.1 Å². The lowest BCUT2D eigenvalue weighted by molar-refractivity contribution is -0.387. The summed E-state index contributed by atoms with van der Waals surface area (Å²) in [7, 11) is 1.22. The summed E-state index contributed by atoms with van der Waals surface area (Å²) in [5, 5.41) is 13.6. The van der Waals surface area contributed by atoms with Crippen LogP contribution in [0.2, 0.25) is 5.02 Å². The summed E-state index contributed by atoms with van der Waals surface area (Å²) in [5.41, 5.74) is -0.182. The molecular formula is C18H16ClFN2O6. The number of benzene rings is 2. The maximum atomic E-state index is 13.6. The molecule has 1 amide bonds. The van der Waals surface area contributed by atoms with E-state index < -0.39 is 41.0 Å². The van der Waals surface area contributed by atoms with Crippen LogP contribution >= 0.6 is 11.6 Å². The standard InChI is InChI=1S/C18H16ClFN2O6/c1-27-18(24)9-15(12-4-2-3-5-13(12)19)21-17(23)10-28-11-6-7-16(22(25)26)14(20)8-11/h2-8,15H,9-10H2,1H3,(H,21,23). The quantitative estimate of drug-likeness (QED) is 0.407. The smallest absolute Gasteiger partial charge is 0.307 e. The fourth-order valence-corrected chi connectivity index (χ4v) is 2.62. The minimum Gasteiger partial charge on any atom is -0.484 e. The Morgan fingerprint density at radius 1 is 1.29 bits per heavy atom. The van der Waals surface area contributed by atoms with Crippen molar-refractivity contribution in [2.24, 2.45) is 0 Å². The summed E-state index contributed by atoms with van der Waals surface area (Å²) in [6.07, 6.45) is -0.155. The molecule has 2 aromatic carbocycles. The van der Waals surface area contributed by atoms with E-state index in [4.69, 9.17) is 16.3 Å². The van der Waals surface area contributed by atoms with E-state index in [1.807, 2.05) is 0 Å². The molecule has 1 atom stereocenters. The maximum absolute atomic E-state index is 13.6. The normalized spacial score (nSPS) is 11.4. The number of esters is 1. The summed E-state index contributed by atoms with van der Waals surface area (Å²) in [6.45, 7) is -0.501. The number of hydrogen-bond donors (Lipinski definition) is 1. The van der Waals surface area contributed by atoms with Crippen LogP contribution in [0, 0.1) is 15.9 Å². The zero-order chi connectivity index (χ0) is 20.7. The highest BCUT2D eigenvalue weighted by Gasteiger charge is 2.21. The summed E-state index contributed by atoms with van der Waals surface area (Å²) in [5.74, 6) is -2.29. The summed E-state index contributed by atoms with van der Waals surface area (Å²) >= 11 is 6.13. The summed E-state index contributed by atoms with van der Waals surface area (Å²) in [6, 6.07) is 8.84. The third-order valence-corrected chi connectivity index (χ3v) is 4.04. The van der Waals surface area contributed by atoms with Crippen molar-refractivity contribution in [2.75, 3.05) is 13.7 Å². The molecule has 0 heterocycles. The number of rotatable bonds is 8. The molecule has 1 unspecified atom stereocenters. The predicted octanol–water partition coefficient (Wildman–Crippen LogP) is 3.19. The van der Waals surface area contributed by atoms with Gasteiger partial charge in [-0.05, 0) is 17.7 Å². The zero-order valence-corrected chi connectivity index (χ0v) is 15.4. The van der Waals surface area contributed by atoms with E-state index in [-0.39, 0.29) is 12.2 Å². The minimum absolute atomic E-state index is 0.0551. The van der Waals surface area contributed by atoms with Crippen LogP contribution in [-0.2, 0) is 14.3 Å². The lowest BCUT2D eigenvalue weighted by Gasteiger charge is -2.19. The van der Waals surface area contributed by atoms with Crippen molar-refractivity contribution in [1.82, 2.24) is 5.32 Å². The first kappa shape index (κ1) is 21.1. The predicted molar refractivity (Wildman–Crippen MR) is 97.5 cm³/mol. The van der Waals surface area contributed by atoms with Crippen LogP contribution in [0.1, 0.15) is 18.0 Å². The Hall–Kier alpha value is -3.20. The Balaban J connectivity index is 2.05. The molecule has 2 aromatic rings. The van der Waals surface area contributed by atoms with Crippen molar-refractivity contribution < 1.29 is 28.4 Å². The number of carbonyl (C=O) groups excluding carboxylic acids is 2. The van der Waals surface area contributed by atoms with Gasteiger partial charge in [-0.1, -0.05) is 29.8 Å². The Morgan fingerprint density at radius 3 is 2.61 bits per heavy atom. The van der Waals surface area contributed by atoms with Crippen LogP contribution in [0.3, 0.4) is 0 Å². The molecule has 10 heteroatoms. The average Bonchev–Trinajstić information content (AvgIpc) is 2.66. The first-order valence-electron chi connectivity index (χ1n) is 7.99. The van der Waals surface area contributed by atoms with Gasteiger partial charge in [-0.3, -0.25) is 19.7 Å². The highest BCUT2D eigenvalue weighted by molar-refractivity contribution is 6.31. The number of ether oxygens (including phenoxy) is 2. The van der Waals surface area contributed by atoms with Gasteiger partial charge in [0.1, 0.15) is 5.75 Å². The number of nitrogens with one attached hydrogen (secondary N) is 1. The monoisotopic (exact) mass is 410 g/mol. The molecule has 0 radical (unpaired) electrons. The van der Waals surface area contributed by atoms with E-state index in [0.717, 1.165) is 12.1 Å². The molecule has 0 aliphatic heterocycles. The number of methoxy groups -OCH3 is 1. The van der Waals surface area contributed by atoms with Gasteiger partial charge in [-0.15, -0.1) is 0 Å². The van der Waals surface area contributed by atoms with Gasteiger partial charge in [0.05, 0.1) is 24.5 Å². The third-order valence-electron chi connectivity index (χ3n) is 3.70. The van der Waals surface area contributed by atoms with Crippen molar-refractivity contribution in [3.63, 3.8) is 0 Å². The Labute approximate surface area is 164 Å². The van der Waals surface area contributed by atoms with Crippen molar-refractivity contribution in [1.29, 1.82) is 0 Å². The molecule has 0 fully saturated rings. The van der Waals surface area contributed by atoms with Gasteiger partial charge >= 0.3 is 11.7 Å². The topological polar surface area (TPSA) is 108 Å². The molecule has 0 saturated carbocycles. The van der Waals surface area contributed by atoms with Gasteiger partial charge in [0.25, 0.3) is 5.91 Å². The molecule has 0 aliphatic carbocycles.